The van der Waals surface area contributed by atoms with Crippen molar-refractivity contribution in [2.24, 2.45) is 0 Å². The van der Waals surface area contributed by atoms with Crippen molar-refractivity contribution in [3.63, 3.8) is 0 Å². The van der Waals surface area contributed by atoms with Gasteiger partial charge < -0.3 is 29.5 Å². The Labute approximate surface area is 202 Å². The number of hydrogen-bond donors (Lipinski definition) is 3. The van der Waals surface area contributed by atoms with Crippen molar-refractivity contribution >= 4 is 17.9 Å². The second-order valence-corrected chi connectivity index (χ2v) is 6.98. The Bertz CT molecular complexity index is 1230. The molecule has 180 valence electrons. The first-order valence-electron chi connectivity index (χ1n) is 10.1. The Morgan fingerprint density at radius 3 is 0.861 bits per heavy atom. The summed E-state index contributed by atoms with van der Waals surface area (Å²) in [5.41, 5.74) is 0.168. The van der Waals surface area contributed by atoms with Crippen LogP contribution >= 0.6 is 0 Å². The molecule has 12 nitrogen and oxygen atoms in total. The molecule has 12 heteroatoms. The van der Waals surface area contributed by atoms with E-state index >= 15 is 0 Å². The summed E-state index contributed by atoms with van der Waals surface area (Å²) in [7, 11) is 0. The molecule has 0 aliphatic rings. The van der Waals surface area contributed by atoms with Crippen LogP contribution in [0, 0.1) is 0 Å². The summed E-state index contributed by atoms with van der Waals surface area (Å²) in [5, 5.41) is 27.1. The zero-order chi connectivity index (χ0) is 25.7. The Kier molecular flexibility index (Phi) is 6.68. The number of aromatic carboxylic acids is 3. The minimum Gasteiger partial charge on any atom is -0.478 e. The van der Waals surface area contributed by atoms with Crippen LogP contribution in [0.5, 0.6) is 35.3 Å². The van der Waals surface area contributed by atoms with Crippen LogP contribution in [-0.4, -0.2) is 48.2 Å². The van der Waals surface area contributed by atoms with E-state index in [9.17, 15) is 14.4 Å². The number of carbonyl (C=O) groups is 3. The molecule has 0 radical (unpaired) electrons. The lowest BCUT2D eigenvalue weighted by Crippen LogP contribution is -2.02. The minimum absolute atomic E-state index is 0.0562. The number of ether oxygens (including phenoxy) is 3. The third-order valence-electron chi connectivity index (χ3n) is 4.51. The van der Waals surface area contributed by atoms with Crippen LogP contribution in [0.2, 0.25) is 0 Å². The summed E-state index contributed by atoms with van der Waals surface area (Å²) in [6, 6.07) is 15.7. The molecule has 0 saturated heterocycles. The molecule has 0 saturated carbocycles. The van der Waals surface area contributed by atoms with E-state index < -0.39 is 17.9 Å². The van der Waals surface area contributed by atoms with Crippen LogP contribution < -0.4 is 14.2 Å². The molecule has 0 aliphatic heterocycles. The molecule has 0 atom stereocenters. The maximum absolute atomic E-state index is 11.1. The first kappa shape index (κ1) is 23.6. The number of nitrogens with zero attached hydrogens (tertiary/aromatic N) is 3. The maximum Gasteiger partial charge on any atom is 0.335 e. The predicted octanol–water partition coefficient (Wildman–Crippen LogP) is 4.34. The summed E-state index contributed by atoms with van der Waals surface area (Å²) in [6.07, 6.45) is 0. The van der Waals surface area contributed by atoms with E-state index in [4.69, 9.17) is 29.5 Å². The molecule has 4 aromatic rings. The van der Waals surface area contributed by atoms with Gasteiger partial charge in [0.15, 0.2) is 0 Å². The normalized spacial score (nSPS) is 10.3. The fraction of sp³-hybridized carbons (Fsp3) is 0. The molecular formula is C24H15N3O9. The Morgan fingerprint density at radius 2 is 0.667 bits per heavy atom. The molecule has 36 heavy (non-hydrogen) atoms. The molecule has 0 amide bonds. The molecular weight excluding hydrogens is 474 g/mol. The van der Waals surface area contributed by atoms with Gasteiger partial charge >= 0.3 is 35.9 Å². The van der Waals surface area contributed by atoms with E-state index in [-0.39, 0.29) is 52.0 Å². The lowest BCUT2D eigenvalue weighted by molar-refractivity contribution is 0.0686. The van der Waals surface area contributed by atoms with Crippen molar-refractivity contribution in [3.05, 3.63) is 89.5 Å². The third-order valence-corrected chi connectivity index (χ3v) is 4.51. The molecule has 0 unspecified atom stereocenters. The van der Waals surface area contributed by atoms with Crippen LogP contribution in [0.1, 0.15) is 31.1 Å². The molecule has 1 aromatic heterocycles. The lowest BCUT2D eigenvalue weighted by atomic mass is 10.2. The highest BCUT2D eigenvalue weighted by Gasteiger charge is 2.14. The van der Waals surface area contributed by atoms with Gasteiger partial charge in [0.1, 0.15) is 17.2 Å². The van der Waals surface area contributed by atoms with Crippen LogP contribution in [0.15, 0.2) is 72.8 Å². The largest absolute Gasteiger partial charge is 0.478 e. The van der Waals surface area contributed by atoms with Crippen molar-refractivity contribution in [3.8, 4) is 35.3 Å². The van der Waals surface area contributed by atoms with Crippen molar-refractivity contribution in [1.82, 2.24) is 15.0 Å². The molecule has 0 aliphatic carbocycles. The number of aromatic nitrogens is 3. The lowest BCUT2D eigenvalue weighted by Gasteiger charge is -2.10. The molecule has 0 fully saturated rings. The van der Waals surface area contributed by atoms with E-state index in [1.165, 1.54) is 72.8 Å². The highest BCUT2D eigenvalue weighted by atomic mass is 16.5. The standard InChI is InChI=1S/C24H15N3O9/c28-19(29)13-1-7-16(8-2-13)34-22-25-23(35-17-9-3-14(4-10-17)20(30)31)27-24(26-22)36-18-11-5-15(6-12-18)21(32)33/h1-12H,(H,28,29)(H,30,31)(H,32,33). The third kappa shape index (κ3) is 5.88. The van der Waals surface area contributed by atoms with Crippen LogP contribution in [0.25, 0.3) is 0 Å². The fourth-order valence-corrected chi connectivity index (χ4v) is 2.77. The van der Waals surface area contributed by atoms with Crippen LogP contribution in [-0.2, 0) is 0 Å². The summed E-state index contributed by atoms with van der Waals surface area (Å²) in [4.78, 5) is 45.3. The molecule has 4 rings (SSSR count). The Hall–Kier alpha value is -5.52. The number of carboxylic acid groups (broad SMARTS) is 3. The minimum atomic E-state index is -1.10. The summed E-state index contributed by atoms with van der Waals surface area (Å²) >= 11 is 0. The summed E-state index contributed by atoms with van der Waals surface area (Å²) < 4.78 is 16.8. The van der Waals surface area contributed by atoms with Gasteiger partial charge in [-0.05, 0) is 72.8 Å². The van der Waals surface area contributed by atoms with Gasteiger partial charge in [-0.2, -0.15) is 0 Å². The second kappa shape index (κ2) is 10.2. The summed E-state index contributed by atoms with van der Waals surface area (Å²) in [5.74, 6) is -2.64. The van der Waals surface area contributed by atoms with Gasteiger partial charge in [0.05, 0.1) is 16.7 Å². The van der Waals surface area contributed by atoms with Crippen molar-refractivity contribution in [2.75, 3.05) is 0 Å². The van der Waals surface area contributed by atoms with Gasteiger partial charge in [0, 0.05) is 0 Å². The van der Waals surface area contributed by atoms with Gasteiger partial charge in [-0.25, -0.2) is 14.4 Å². The molecule has 3 N–H and O–H groups in total. The topological polar surface area (TPSA) is 178 Å². The smallest absolute Gasteiger partial charge is 0.335 e. The van der Waals surface area contributed by atoms with Crippen LogP contribution in [0.4, 0.5) is 0 Å². The summed E-state index contributed by atoms with van der Waals surface area (Å²) in [6.45, 7) is 0. The Morgan fingerprint density at radius 1 is 0.444 bits per heavy atom. The number of hydrogen-bond acceptors (Lipinski definition) is 9. The molecule has 1 heterocycles. The first-order chi connectivity index (χ1) is 17.3. The quantitative estimate of drug-likeness (QED) is 0.303. The molecule has 3 aromatic carbocycles. The van der Waals surface area contributed by atoms with E-state index in [0.717, 1.165) is 0 Å². The molecule has 0 spiro atoms. The van der Waals surface area contributed by atoms with E-state index in [0.29, 0.717) is 0 Å². The zero-order valence-corrected chi connectivity index (χ0v) is 18.1. The van der Waals surface area contributed by atoms with Gasteiger partial charge in [0.25, 0.3) is 0 Å². The Balaban J connectivity index is 1.62. The fourth-order valence-electron chi connectivity index (χ4n) is 2.77. The van der Waals surface area contributed by atoms with Gasteiger partial charge in [-0.1, -0.05) is 0 Å². The number of rotatable bonds is 9. The average Bonchev–Trinajstić information content (AvgIpc) is 2.85. The van der Waals surface area contributed by atoms with Gasteiger partial charge in [0.2, 0.25) is 0 Å². The SMILES string of the molecule is O=C(O)c1ccc(Oc2nc(Oc3ccc(C(=O)O)cc3)nc(Oc3ccc(C(=O)O)cc3)n2)cc1. The van der Waals surface area contributed by atoms with Crippen molar-refractivity contribution in [1.29, 1.82) is 0 Å². The number of carboxylic acids is 3. The monoisotopic (exact) mass is 489 g/mol. The van der Waals surface area contributed by atoms with Gasteiger partial charge in [-0.15, -0.1) is 15.0 Å². The first-order valence-corrected chi connectivity index (χ1v) is 10.1. The van der Waals surface area contributed by atoms with Crippen LogP contribution in [0.3, 0.4) is 0 Å². The second-order valence-electron chi connectivity index (χ2n) is 6.98. The molecule has 0 bridgehead atoms. The zero-order valence-electron chi connectivity index (χ0n) is 18.1. The van der Waals surface area contributed by atoms with Crippen molar-refractivity contribution in [2.45, 2.75) is 0 Å². The predicted molar refractivity (Wildman–Crippen MR) is 120 cm³/mol. The van der Waals surface area contributed by atoms with E-state index in [1.807, 2.05) is 0 Å². The van der Waals surface area contributed by atoms with Gasteiger partial charge in [-0.3, -0.25) is 0 Å². The average molecular weight is 489 g/mol. The van der Waals surface area contributed by atoms with Crippen molar-refractivity contribution < 1.29 is 43.9 Å². The highest BCUT2D eigenvalue weighted by molar-refractivity contribution is 5.88. The maximum atomic E-state index is 11.1. The van der Waals surface area contributed by atoms with E-state index in [2.05, 4.69) is 15.0 Å². The number of benzene rings is 3. The highest BCUT2D eigenvalue weighted by Crippen LogP contribution is 2.27. The van der Waals surface area contributed by atoms with E-state index in [1.54, 1.807) is 0 Å².